The van der Waals surface area contributed by atoms with Crippen molar-refractivity contribution in [1.29, 1.82) is 0 Å². The van der Waals surface area contributed by atoms with E-state index in [1.54, 1.807) is 23.7 Å². The Morgan fingerprint density at radius 3 is 2.57 bits per heavy atom. The second-order valence-corrected chi connectivity index (χ2v) is 11.8. The molecule has 0 bridgehead atoms. The number of carbonyl (C=O) groups is 1. The lowest BCUT2D eigenvalue weighted by molar-refractivity contribution is -0.115. The number of amides is 1. The molecule has 30 heavy (non-hydrogen) atoms. The number of nitrogens with zero attached hydrogens (tertiary/aromatic N) is 3. The SMILES string of the molecule is CC(Sc1nn(-c2ccccc2)c(=S)s1)C(=O)Nc1cccc(S(=O)(=O)N(C)C)c1. The fourth-order valence-corrected chi connectivity index (χ4v) is 5.89. The summed E-state index contributed by atoms with van der Waals surface area (Å²) in [6, 6.07) is 15.7. The van der Waals surface area contributed by atoms with Gasteiger partial charge in [0.15, 0.2) is 8.29 Å². The summed E-state index contributed by atoms with van der Waals surface area (Å²) in [5.74, 6) is -0.258. The Hall–Kier alpha value is -2.05. The smallest absolute Gasteiger partial charge is 0.242 e. The van der Waals surface area contributed by atoms with E-state index in [1.807, 2.05) is 30.3 Å². The van der Waals surface area contributed by atoms with Crippen molar-refractivity contribution in [1.82, 2.24) is 14.1 Å². The predicted molar refractivity (Wildman–Crippen MR) is 124 cm³/mol. The third-order valence-electron chi connectivity index (χ3n) is 4.06. The summed E-state index contributed by atoms with van der Waals surface area (Å²) in [5.41, 5.74) is 1.28. The van der Waals surface area contributed by atoms with Gasteiger partial charge in [0.05, 0.1) is 15.8 Å². The first-order valence-corrected chi connectivity index (χ1v) is 12.4. The average Bonchev–Trinajstić information content (AvgIpc) is 3.08. The fourth-order valence-electron chi connectivity index (χ4n) is 2.43. The lowest BCUT2D eigenvalue weighted by Gasteiger charge is -2.14. The molecule has 3 rings (SSSR count). The standard InChI is InChI=1S/C19H20N4O3S4/c1-13(28-18-21-23(19(27)29-18)15-9-5-4-6-10-15)17(24)20-14-8-7-11-16(12-14)30(25,26)22(2)3/h4-13H,1-3H3,(H,20,24). The molecule has 0 fully saturated rings. The zero-order chi connectivity index (χ0) is 21.9. The molecule has 1 aromatic heterocycles. The number of hydrogen-bond donors (Lipinski definition) is 1. The maximum absolute atomic E-state index is 12.6. The molecule has 0 spiro atoms. The fraction of sp³-hybridized carbons (Fsp3) is 0.211. The van der Waals surface area contributed by atoms with Crippen LogP contribution in [0.5, 0.6) is 0 Å². The second-order valence-electron chi connectivity index (χ2n) is 6.45. The monoisotopic (exact) mass is 480 g/mol. The van der Waals surface area contributed by atoms with E-state index in [1.165, 1.54) is 49.3 Å². The number of benzene rings is 2. The molecule has 1 amide bonds. The highest BCUT2D eigenvalue weighted by molar-refractivity contribution is 8.02. The Bertz CT molecular complexity index is 1200. The molecule has 0 radical (unpaired) electrons. The van der Waals surface area contributed by atoms with Crippen molar-refractivity contribution < 1.29 is 13.2 Å². The second kappa shape index (κ2) is 9.40. The average molecular weight is 481 g/mol. The summed E-state index contributed by atoms with van der Waals surface area (Å²) >= 11 is 8.02. The summed E-state index contributed by atoms with van der Waals surface area (Å²) < 4.78 is 28.6. The van der Waals surface area contributed by atoms with Crippen molar-refractivity contribution in [3.05, 3.63) is 58.6 Å². The van der Waals surface area contributed by atoms with Crippen molar-refractivity contribution in [2.45, 2.75) is 21.4 Å². The summed E-state index contributed by atoms with van der Waals surface area (Å²) in [6.45, 7) is 1.76. The summed E-state index contributed by atoms with van der Waals surface area (Å²) in [4.78, 5) is 12.7. The van der Waals surface area contributed by atoms with Gasteiger partial charge in [-0.1, -0.05) is 47.4 Å². The molecule has 1 heterocycles. The van der Waals surface area contributed by atoms with Gasteiger partial charge < -0.3 is 5.32 Å². The van der Waals surface area contributed by atoms with E-state index in [0.717, 1.165) is 9.99 Å². The van der Waals surface area contributed by atoms with Crippen LogP contribution in [0.4, 0.5) is 5.69 Å². The predicted octanol–water partition coefficient (Wildman–Crippen LogP) is 4.03. The highest BCUT2D eigenvalue weighted by Crippen LogP contribution is 2.28. The highest BCUT2D eigenvalue weighted by atomic mass is 32.2. The molecule has 11 heteroatoms. The minimum atomic E-state index is -3.58. The van der Waals surface area contributed by atoms with Crippen LogP contribution >= 0.6 is 35.3 Å². The third kappa shape index (κ3) is 5.16. The number of sulfonamides is 1. The Morgan fingerprint density at radius 1 is 1.20 bits per heavy atom. The number of carbonyl (C=O) groups excluding carboxylic acids is 1. The molecular formula is C19H20N4O3S4. The Balaban J connectivity index is 1.71. The molecule has 3 aromatic rings. The van der Waals surface area contributed by atoms with Crippen molar-refractivity contribution in [2.75, 3.05) is 19.4 Å². The van der Waals surface area contributed by atoms with Gasteiger partial charge in [-0.3, -0.25) is 4.79 Å². The van der Waals surface area contributed by atoms with Crippen LogP contribution in [0.2, 0.25) is 0 Å². The maximum Gasteiger partial charge on any atom is 0.242 e. The largest absolute Gasteiger partial charge is 0.325 e. The van der Waals surface area contributed by atoms with Crippen LogP contribution in [0.1, 0.15) is 6.92 Å². The van der Waals surface area contributed by atoms with E-state index in [9.17, 15) is 13.2 Å². The van der Waals surface area contributed by atoms with Crippen LogP contribution in [-0.4, -0.2) is 47.8 Å². The van der Waals surface area contributed by atoms with Gasteiger partial charge in [0, 0.05) is 19.8 Å². The molecule has 1 unspecified atom stereocenters. The van der Waals surface area contributed by atoms with E-state index in [-0.39, 0.29) is 10.8 Å². The number of thioether (sulfide) groups is 1. The van der Waals surface area contributed by atoms with Gasteiger partial charge in [-0.25, -0.2) is 17.4 Å². The van der Waals surface area contributed by atoms with Gasteiger partial charge in [0.2, 0.25) is 15.9 Å². The highest BCUT2D eigenvalue weighted by Gasteiger charge is 2.20. The van der Waals surface area contributed by atoms with Crippen molar-refractivity contribution in [3.63, 3.8) is 0 Å². The minimum Gasteiger partial charge on any atom is -0.325 e. The molecule has 0 aliphatic heterocycles. The van der Waals surface area contributed by atoms with Gasteiger partial charge in [-0.05, 0) is 49.5 Å². The first-order chi connectivity index (χ1) is 14.2. The topological polar surface area (TPSA) is 84.3 Å². The Labute approximate surface area is 188 Å². The molecule has 0 aliphatic carbocycles. The van der Waals surface area contributed by atoms with E-state index in [4.69, 9.17) is 12.2 Å². The van der Waals surface area contributed by atoms with Gasteiger partial charge in [-0.15, -0.1) is 5.10 Å². The molecule has 0 saturated carbocycles. The van der Waals surface area contributed by atoms with Gasteiger partial charge in [0.1, 0.15) is 0 Å². The van der Waals surface area contributed by atoms with Gasteiger partial charge in [0.25, 0.3) is 0 Å². The number of hydrogen-bond acceptors (Lipinski definition) is 7. The van der Waals surface area contributed by atoms with Crippen LogP contribution in [0.25, 0.3) is 5.69 Å². The molecular weight excluding hydrogens is 461 g/mol. The van der Waals surface area contributed by atoms with E-state index >= 15 is 0 Å². The first kappa shape index (κ1) is 22.6. The van der Waals surface area contributed by atoms with Gasteiger partial charge in [-0.2, -0.15) is 0 Å². The zero-order valence-electron chi connectivity index (χ0n) is 16.5. The molecule has 158 valence electrons. The third-order valence-corrected chi connectivity index (χ3v) is 8.28. The molecule has 2 aromatic carbocycles. The summed E-state index contributed by atoms with van der Waals surface area (Å²) in [6.07, 6.45) is 0. The van der Waals surface area contributed by atoms with Crippen LogP contribution in [0.15, 0.2) is 63.8 Å². The number of aromatic nitrogens is 2. The van der Waals surface area contributed by atoms with Crippen molar-refractivity contribution in [3.8, 4) is 5.69 Å². The molecule has 7 nitrogen and oxygen atoms in total. The van der Waals surface area contributed by atoms with Crippen LogP contribution in [0.3, 0.4) is 0 Å². The first-order valence-electron chi connectivity index (χ1n) is 8.84. The quantitative estimate of drug-likeness (QED) is 0.406. The van der Waals surface area contributed by atoms with Crippen molar-refractivity contribution >= 4 is 56.9 Å². The summed E-state index contributed by atoms with van der Waals surface area (Å²) in [7, 11) is -0.657. The van der Waals surface area contributed by atoms with Crippen LogP contribution in [-0.2, 0) is 14.8 Å². The number of nitrogens with one attached hydrogen (secondary N) is 1. The Morgan fingerprint density at radius 2 is 1.90 bits per heavy atom. The van der Waals surface area contributed by atoms with E-state index in [2.05, 4.69) is 10.4 Å². The molecule has 1 N–H and O–H groups in total. The molecule has 0 aliphatic rings. The molecule has 0 saturated heterocycles. The van der Waals surface area contributed by atoms with Crippen LogP contribution < -0.4 is 5.32 Å². The zero-order valence-corrected chi connectivity index (χ0v) is 19.7. The molecule has 1 atom stereocenters. The normalized spacial score (nSPS) is 12.7. The van der Waals surface area contributed by atoms with E-state index < -0.39 is 15.3 Å². The number of para-hydroxylation sites is 1. The van der Waals surface area contributed by atoms with E-state index in [0.29, 0.717) is 14.0 Å². The maximum atomic E-state index is 12.6. The van der Waals surface area contributed by atoms with Crippen LogP contribution in [0, 0.1) is 3.95 Å². The minimum absolute atomic E-state index is 0.116. The summed E-state index contributed by atoms with van der Waals surface area (Å²) in [5, 5.41) is 6.82. The number of rotatable bonds is 7. The number of anilines is 1. The Kier molecular flexibility index (Phi) is 7.09. The lowest BCUT2D eigenvalue weighted by Crippen LogP contribution is -2.24. The van der Waals surface area contributed by atoms with Gasteiger partial charge >= 0.3 is 0 Å². The lowest BCUT2D eigenvalue weighted by atomic mass is 10.3. The van der Waals surface area contributed by atoms with Crippen molar-refractivity contribution in [2.24, 2.45) is 0 Å².